The van der Waals surface area contributed by atoms with E-state index in [0.717, 1.165) is 18.5 Å². The normalized spacial score (nSPS) is 28.9. The van der Waals surface area contributed by atoms with Gasteiger partial charge in [0.25, 0.3) is 0 Å². The number of hydrogen-bond donors (Lipinski definition) is 1. The Morgan fingerprint density at radius 2 is 2.12 bits per heavy atom. The highest BCUT2D eigenvalue weighted by molar-refractivity contribution is 4.83. The Morgan fingerprint density at radius 1 is 1.38 bits per heavy atom. The molecule has 0 radical (unpaired) electrons. The van der Waals surface area contributed by atoms with Gasteiger partial charge in [-0.3, -0.25) is 0 Å². The zero-order valence-corrected chi connectivity index (χ0v) is 11.1. The van der Waals surface area contributed by atoms with Gasteiger partial charge in [-0.25, -0.2) is 0 Å². The molecule has 0 aromatic rings. The van der Waals surface area contributed by atoms with E-state index in [1.807, 2.05) is 0 Å². The van der Waals surface area contributed by atoms with Gasteiger partial charge < -0.3 is 15.1 Å². The van der Waals surface area contributed by atoms with E-state index in [1.165, 1.54) is 38.9 Å². The molecule has 2 unspecified atom stereocenters. The summed E-state index contributed by atoms with van der Waals surface area (Å²) in [5.74, 6) is 0.887. The molecule has 0 aromatic heterocycles. The molecule has 16 heavy (non-hydrogen) atoms. The summed E-state index contributed by atoms with van der Waals surface area (Å²) in [5, 5.41) is 3.62. The molecule has 1 saturated heterocycles. The third-order valence-electron chi connectivity index (χ3n) is 4.07. The molecule has 0 aromatic carbocycles. The molecular weight excluding hydrogens is 198 g/mol. The zero-order valence-electron chi connectivity index (χ0n) is 11.1. The van der Waals surface area contributed by atoms with Crippen molar-refractivity contribution in [1.29, 1.82) is 0 Å². The fraction of sp³-hybridized carbons (Fsp3) is 1.00. The second-order valence-corrected chi connectivity index (χ2v) is 5.89. The van der Waals surface area contributed by atoms with Crippen LogP contribution in [0.4, 0.5) is 0 Å². The van der Waals surface area contributed by atoms with Crippen molar-refractivity contribution in [1.82, 2.24) is 15.1 Å². The van der Waals surface area contributed by atoms with E-state index in [0.29, 0.717) is 6.04 Å². The number of rotatable bonds is 6. The molecular formula is C13H27N3. The van der Waals surface area contributed by atoms with Gasteiger partial charge in [0.1, 0.15) is 0 Å². The van der Waals surface area contributed by atoms with Crippen molar-refractivity contribution in [2.24, 2.45) is 5.92 Å². The molecule has 0 spiro atoms. The monoisotopic (exact) mass is 225 g/mol. The number of likely N-dealkylation sites (N-methyl/N-ethyl adjacent to an activating group) is 1. The van der Waals surface area contributed by atoms with Gasteiger partial charge in [0.15, 0.2) is 0 Å². The Balaban J connectivity index is 1.63. The fourth-order valence-electron chi connectivity index (χ4n) is 2.54. The third-order valence-corrected chi connectivity index (χ3v) is 4.07. The Bertz CT molecular complexity index is 215. The Kier molecular flexibility index (Phi) is 4.22. The van der Waals surface area contributed by atoms with Gasteiger partial charge in [-0.15, -0.1) is 0 Å². The van der Waals surface area contributed by atoms with Crippen molar-refractivity contribution in [2.75, 3.05) is 40.3 Å². The summed E-state index contributed by atoms with van der Waals surface area (Å²) in [5.41, 5.74) is 0. The second-order valence-electron chi connectivity index (χ2n) is 5.89. The Labute approximate surface area is 100 Å². The number of likely N-dealkylation sites (tertiary alicyclic amines) is 1. The van der Waals surface area contributed by atoms with Gasteiger partial charge in [0.05, 0.1) is 0 Å². The lowest BCUT2D eigenvalue weighted by atomic mass is 10.1. The molecule has 1 heterocycles. The molecule has 1 aliphatic carbocycles. The van der Waals surface area contributed by atoms with Crippen LogP contribution in [-0.4, -0.2) is 62.2 Å². The maximum atomic E-state index is 3.62. The average Bonchev–Trinajstić information content (AvgIpc) is 2.99. The quantitative estimate of drug-likeness (QED) is 0.728. The van der Waals surface area contributed by atoms with Crippen molar-refractivity contribution in [3.05, 3.63) is 0 Å². The van der Waals surface area contributed by atoms with Crippen molar-refractivity contribution < 1.29 is 0 Å². The fourth-order valence-corrected chi connectivity index (χ4v) is 2.54. The van der Waals surface area contributed by atoms with Crippen LogP contribution in [0.5, 0.6) is 0 Å². The summed E-state index contributed by atoms with van der Waals surface area (Å²) in [6.45, 7) is 7.33. The lowest BCUT2D eigenvalue weighted by molar-refractivity contribution is 0.213. The highest BCUT2D eigenvalue weighted by Crippen LogP contribution is 2.19. The lowest BCUT2D eigenvalue weighted by Crippen LogP contribution is -2.41. The third kappa shape index (κ3) is 3.72. The maximum Gasteiger partial charge on any atom is 0.0189 e. The number of hydrogen-bond acceptors (Lipinski definition) is 3. The summed E-state index contributed by atoms with van der Waals surface area (Å²) in [4.78, 5) is 4.98. The van der Waals surface area contributed by atoms with Crippen LogP contribution in [0.15, 0.2) is 0 Å². The van der Waals surface area contributed by atoms with Crippen LogP contribution in [0.25, 0.3) is 0 Å². The van der Waals surface area contributed by atoms with E-state index in [1.54, 1.807) is 0 Å². The highest BCUT2D eigenvalue weighted by atomic mass is 15.2. The summed E-state index contributed by atoms with van der Waals surface area (Å²) in [6.07, 6.45) is 4.16. The van der Waals surface area contributed by atoms with Gasteiger partial charge in [0.2, 0.25) is 0 Å². The Hall–Kier alpha value is -0.120. The molecule has 2 aliphatic rings. The van der Waals surface area contributed by atoms with Crippen molar-refractivity contribution in [3.8, 4) is 0 Å². The van der Waals surface area contributed by atoms with Gasteiger partial charge in [0, 0.05) is 31.7 Å². The minimum Gasteiger partial charge on any atom is -0.312 e. The van der Waals surface area contributed by atoms with E-state index in [4.69, 9.17) is 0 Å². The van der Waals surface area contributed by atoms with E-state index in [-0.39, 0.29) is 0 Å². The van der Waals surface area contributed by atoms with Crippen LogP contribution in [0.3, 0.4) is 0 Å². The topological polar surface area (TPSA) is 18.5 Å². The van der Waals surface area contributed by atoms with Crippen LogP contribution < -0.4 is 5.32 Å². The van der Waals surface area contributed by atoms with Crippen LogP contribution in [-0.2, 0) is 0 Å². The first-order chi connectivity index (χ1) is 7.65. The van der Waals surface area contributed by atoms with Crippen molar-refractivity contribution >= 4 is 0 Å². The largest absolute Gasteiger partial charge is 0.312 e. The van der Waals surface area contributed by atoms with E-state index in [2.05, 4.69) is 36.1 Å². The smallest absolute Gasteiger partial charge is 0.0189 e. The molecule has 1 aliphatic heterocycles. The zero-order chi connectivity index (χ0) is 11.5. The molecule has 2 rings (SSSR count). The van der Waals surface area contributed by atoms with Crippen molar-refractivity contribution in [2.45, 2.75) is 38.3 Å². The van der Waals surface area contributed by atoms with Crippen LogP contribution in [0, 0.1) is 5.92 Å². The van der Waals surface area contributed by atoms with Crippen molar-refractivity contribution in [3.63, 3.8) is 0 Å². The SMILES string of the molecule is CC(CNC1CC1)N(C)CC1CCN(C)C1. The van der Waals surface area contributed by atoms with Crippen LogP contribution in [0.2, 0.25) is 0 Å². The average molecular weight is 225 g/mol. The molecule has 94 valence electrons. The van der Waals surface area contributed by atoms with Crippen LogP contribution in [0.1, 0.15) is 26.2 Å². The molecule has 1 N–H and O–H groups in total. The minimum absolute atomic E-state index is 0.673. The van der Waals surface area contributed by atoms with Gasteiger partial charge in [-0.1, -0.05) is 0 Å². The first-order valence-electron chi connectivity index (χ1n) is 6.77. The van der Waals surface area contributed by atoms with Gasteiger partial charge in [-0.05, 0) is 52.7 Å². The molecule has 3 heteroatoms. The molecule has 0 bridgehead atoms. The first kappa shape index (κ1) is 12.3. The predicted molar refractivity (Wildman–Crippen MR) is 68.7 cm³/mol. The highest BCUT2D eigenvalue weighted by Gasteiger charge is 2.24. The van der Waals surface area contributed by atoms with Crippen LogP contribution >= 0.6 is 0 Å². The standard InChI is InChI=1S/C13H27N3/c1-11(8-14-13-4-5-13)16(3)10-12-6-7-15(2)9-12/h11-14H,4-10H2,1-3H3. The summed E-state index contributed by atoms with van der Waals surface area (Å²) >= 11 is 0. The Morgan fingerprint density at radius 3 is 2.69 bits per heavy atom. The molecule has 2 fully saturated rings. The minimum atomic E-state index is 0.673. The molecule has 0 amide bonds. The lowest BCUT2D eigenvalue weighted by Gasteiger charge is -2.27. The van der Waals surface area contributed by atoms with E-state index < -0.39 is 0 Å². The van der Waals surface area contributed by atoms with Gasteiger partial charge in [-0.2, -0.15) is 0 Å². The summed E-state index contributed by atoms with van der Waals surface area (Å²) in [7, 11) is 4.51. The molecule has 1 saturated carbocycles. The molecule has 3 nitrogen and oxygen atoms in total. The second kappa shape index (κ2) is 5.48. The number of nitrogens with one attached hydrogen (secondary N) is 1. The first-order valence-corrected chi connectivity index (χ1v) is 6.77. The molecule has 2 atom stereocenters. The van der Waals surface area contributed by atoms with Gasteiger partial charge >= 0.3 is 0 Å². The predicted octanol–water partition coefficient (Wildman–Crippen LogP) is 1.01. The summed E-state index contributed by atoms with van der Waals surface area (Å²) in [6, 6.07) is 1.51. The summed E-state index contributed by atoms with van der Waals surface area (Å²) < 4.78 is 0. The number of nitrogens with zero attached hydrogens (tertiary/aromatic N) is 2. The van der Waals surface area contributed by atoms with E-state index in [9.17, 15) is 0 Å². The maximum absolute atomic E-state index is 3.62. The van der Waals surface area contributed by atoms with E-state index >= 15 is 0 Å².